The zero-order valence-electron chi connectivity index (χ0n) is 13.0. The van der Waals surface area contributed by atoms with Crippen LogP contribution < -0.4 is 10.6 Å². The number of nitrogens with zero attached hydrogens (tertiary/aromatic N) is 3. The van der Waals surface area contributed by atoms with Gasteiger partial charge in [0.2, 0.25) is 0 Å². The van der Waals surface area contributed by atoms with Gasteiger partial charge in [-0.25, -0.2) is 4.98 Å². The minimum Gasteiger partial charge on any atom is -0.409 e. The van der Waals surface area contributed by atoms with Gasteiger partial charge in [-0.1, -0.05) is 5.16 Å². The number of oxime groups is 1. The van der Waals surface area contributed by atoms with Gasteiger partial charge in [0, 0.05) is 32.0 Å². The lowest BCUT2D eigenvalue weighted by molar-refractivity contribution is 0.170. The number of hydrogen-bond donors (Lipinski definition) is 2. The fourth-order valence-corrected chi connectivity index (χ4v) is 2.09. The number of methoxy groups -OCH3 is 2. The average Bonchev–Trinajstić information content (AvgIpc) is 2.46. The maximum absolute atomic E-state index is 8.83. The highest BCUT2D eigenvalue weighted by atomic mass is 16.5. The van der Waals surface area contributed by atoms with Crippen LogP contribution >= 0.6 is 0 Å². The number of nitrogens with two attached hydrogens (primary N) is 1. The maximum atomic E-state index is 8.83. The van der Waals surface area contributed by atoms with Crippen LogP contribution in [0, 0.1) is 6.92 Å². The summed E-state index contributed by atoms with van der Waals surface area (Å²) in [5, 5.41) is 11.9. The lowest BCUT2D eigenvalue weighted by Gasteiger charge is -2.30. The Morgan fingerprint density at radius 3 is 2.71 bits per heavy atom. The minimum atomic E-state index is 0.0628. The van der Waals surface area contributed by atoms with E-state index in [2.05, 4.69) is 15.0 Å². The second-order valence-corrected chi connectivity index (χ2v) is 4.83. The zero-order valence-corrected chi connectivity index (χ0v) is 13.0. The summed E-state index contributed by atoms with van der Waals surface area (Å²) in [6.45, 7) is 5.73. The number of aromatic nitrogens is 1. The summed E-state index contributed by atoms with van der Waals surface area (Å²) in [4.78, 5) is 6.61. The molecule has 3 N–H and O–H groups in total. The fraction of sp³-hybridized carbons (Fsp3) is 0.571. The van der Waals surface area contributed by atoms with E-state index >= 15 is 0 Å². The van der Waals surface area contributed by atoms with Crippen molar-refractivity contribution in [3.63, 3.8) is 0 Å². The van der Waals surface area contributed by atoms with Crippen molar-refractivity contribution in [2.75, 3.05) is 38.9 Å². The SMILES string of the molecule is COCCN(c1cc(/C(N)=N/O)cc(C)n1)C(C)COC. The summed E-state index contributed by atoms with van der Waals surface area (Å²) in [5.41, 5.74) is 7.10. The van der Waals surface area contributed by atoms with Crippen molar-refractivity contribution in [2.45, 2.75) is 19.9 Å². The highest BCUT2D eigenvalue weighted by molar-refractivity contribution is 5.97. The standard InChI is InChI=1S/C14H24N4O3/c1-10-7-12(14(15)17-19)8-13(16-10)18(5-6-20-3)11(2)9-21-4/h7-8,11,19H,5-6,9H2,1-4H3,(H2,15,17). The van der Waals surface area contributed by atoms with E-state index in [-0.39, 0.29) is 11.9 Å². The van der Waals surface area contributed by atoms with Crippen LogP contribution in [-0.4, -0.2) is 56.0 Å². The van der Waals surface area contributed by atoms with Gasteiger partial charge in [-0.3, -0.25) is 0 Å². The van der Waals surface area contributed by atoms with Crippen molar-refractivity contribution in [1.29, 1.82) is 0 Å². The molecule has 118 valence electrons. The molecule has 7 nitrogen and oxygen atoms in total. The Bertz CT molecular complexity index is 479. The molecule has 0 saturated carbocycles. The summed E-state index contributed by atoms with van der Waals surface area (Å²) in [7, 11) is 3.32. The molecule has 0 saturated heterocycles. The van der Waals surface area contributed by atoms with Crippen LogP contribution in [-0.2, 0) is 9.47 Å². The second kappa shape index (κ2) is 8.43. The van der Waals surface area contributed by atoms with E-state index in [9.17, 15) is 0 Å². The average molecular weight is 296 g/mol. The van der Waals surface area contributed by atoms with Crippen molar-refractivity contribution in [1.82, 2.24) is 4.98 Å². The van der Waals surface area contributed by atoms with Crippen LogP contribution in [0.15, 0.2) is 17.3 Å². The third-order valence-corrected chi connectivity index (χ3v) is 3.11. The van der Waals surface area contributed by atoms with Crippen molar-refractivity contribution < 1.29 is 14.7 Å². The van der Waals surface area contributed by atoms with Crippen LogP contribution in [0.4, 0.5) is 5.82 Å². The first-order chi connectivity index (χ1) is 10.0. The summed E-state index contributed by atoms with van der Waals surface area (Å²) in [5.74, 6) is 0.811. The van der Waals surface area contributed by atoms with Gasteiger partial charge in [-0.05, 0) is 26.0 Å². The minimum absolute atomic E-state index is 0.0628. The molecule has 0 amide bonds. The molecular weight excluding hydrogens is 272 g/mol. The van der Waals surface area contributed by atoms with Crippen LogP contribution in [0.3, 0.4) is 0 Å². The van der Waals surface area contributed by atoms with Crippen molar-refractivity contribution >= 4 is 11.7 Å². The Labute approximate surface area is 125 Å². The van der Waals surface area contributed by atoms with Crippen molar-refractivity contribution in [3.8, 4) is 0 Å². The molecule has 0 fully saturated rings. The molecule has 1 rings (SSSR count). The molecule has 0 aliphatic rings. The van der Waals surface area contributed by atoms with Crippen molar-refractivity contribution in [3.05, 3.63) is 23.4 Å². The van der Waals surface area contributed by atoms with Gasteiger partial charge >= 0.3 is 0 Å². The highest BCUT2D eigenvalue weighted by Crippen LogP contribution is 2.18. The van der Waals surface area contributed by atoms with E-state index in [1.807, 2.05) is 13.8 Å². The second-order valence-electron chi connectivity index (χ2n) is 4.83. The first-order valence-corrected chi connectivity index (χ1v) is 6.74. The Morgan fingerprint density at radius 2 is 2.14 bits per heavy atom. The molecule has 0 radical (unpaired) electrons. The number of hydrogen-bond acceptors (Lipinski definition) is 6. The van der Waals surface area contributed by atoms with Crippen LogP contribution in [0.2, 0.25) is 0 Å². The Balaban J connectivity index is 3.13. The first kappa shape index (κ1) is 17.2. The number of aryl methyl sites for hydroxylation is 1. The van der Waals surface area contributed by atoms with Gasteiger partial charge in [-0.15, -0.1) is 0 Å². The van der Waals surface area contributed by atoms with Crippen LogP contribution in [0.1, 0.15) is 18.2 Å². The third kappa shape index (κ3) is 4.87. The fourth-order valence-electron chi connectivity index (χ4n) is 2.09. The smallest absolute Gasteiger partial charge is 0.170 e. The number of pyridine rings is 1. The molecule has 1 heterocycles. The van der Waals surface area contributed by atoms with Gasteiger partial charge in [0.15, 0.2) is 5.84 Å². The normalized spacial score (nSPS) is 13.2. The van der Waals surface area contributed by atoms with Gasteiger partial charge in [0.1, 0.15) is 5.82 Å². The topological polar surface area (TPSA) is 93.2 Å². The summed E-state index contributed by atoms with van der Waals surface area (Å²) in [6.07, 6.45) is 0. The molecule has 1 aromatic rings. The Kier molecular flexibility index (Phi) is 6.90. The number of anilines is 1. The number of amidine groups is 1. The first-order valence-electron chi connectivity index (χ1n) is 6.74. The van der Waals surface area contributed by atoms with E-state index in [0.717, 1.165) is 11.5 Å². The number of rotatable bonds is 8. The quantitative estimate of drug-likeness (QED) is 0.321. The molecule has 0 bridgehead atoms. The summed E-state index contributed by atoms with van der Waals surface area (Å²) >= 11 is 0. The predicted octanol–water partition coefficient (Wildman–Crippen LogP) is 0.972. The molecule has 21 heavy (non-hydrogen) atoms. The molecule has 1 aromatic heterocycles. The molecular formula is C14H24N4O3. The monoisotopic (exact) mass is 296 g/mol. The maximum Gasteiger partial charge on any atom is 0.170 e. The Morgan fingerprint density at radius 1 is 1.43 bits per heavy atom. The van der Waals surface area contributed by atoms with E-state index in [4.69, 9.17) is 20.4 Å². The van der Waals surface area contributed by atoms with Crippen molar-refractivity contribution in [2.24, 2.45) is 10.9 Å². The molecule has 0 aliphatic heterocycles. The highest BCUT2D eigenvalue weighted by Gasteiger charge is 2.17. The van der Waals surface area contributed by atoms with E-state index in [0.29, 0.717) is 25.3 Å². The summed E-state index contributed by atoms with van der Waals surface area (Å²) < 4.78 is 10.4. The van der Waals surface area contributed by atoms with E-state index in [1.165, 1.54) is 0 Å². The zero-order chi connectivity index (χ0) is 15.8. The van der Waals surface area contributed by atoms with Gasteiger partial charge in [-0.2, -0.15) is 0 Å². The van der Waals surface area contributed by atoms with Gasteiger partial charge in [0.25, 0.3) is 0 Å². The lowest BCUT2D eigenvalue weighted by atomic mass is 10.2. The lowest BCUT2D eigenvalue weighted by Crippen LogP contribution is -2.39. The van der Waals surface area contributed by atoms with Crippen LogP contribution in [0.25, 0.3) is 0 Å². The molecule has 1 atom stereocenters. The predicted molar refractivity (Wildman–Crippen MR) is 82.0 cm³/mol. The Hall–Kier alpha value is -1.86. The molecule has 7 heteroatoms. The van der Waals surface area contributed by atoms with Gasteiger partial charge in [0.05, 0.1) is 19.3 Å². The largest absolute Gasteiger partial charge is 0.409 e. The van der Waals surface area contributed by atoms with Gasteiger partial charge < -0.3 is 25.3 Å². The molecule has 0 spiro atoms. The summed E-state index contributed by atoms with van der Waals surface area (Å²) in [6, 6.07) is 3.69. The van der Waals surface area contributed by atoms with E-state index < -0.39 is 0 Å². The molecule has 0 aromatic carbocycles. The number of ether oxygens (including phenoxy) is 2. The molecule has 1 unspecified atom stereocenters. The molecule has 0 aliphatic carbocycles. The van der Waals surface area contributed by atoms with E-state index in [1.54, 1.807) is 26.4 Å². The third-order valence-electron chi connectivity index (χ3n) is 3.11. The van der Waals surface area contributed by atoms with Crippen LogP contribution in [0.5, 0.6) is 0 Å².